The average Bonchev–Trinajstić information content (AvgIpc) is 3.54. The second-order valence-corrected chi connectivity index (χ2v) is 13.3. The van der Waals surface area contributed by atoms with Gasteiger partial charge in [-0.15, -0.1) is 0 Å². The highest BCUT2D eigenvalue weighted by molar-refractivity contribution is 7.80. The van der Waals surface area contributed by atoms with E-state index in [-0.39, 0.29) is 48.3 Å². The van der Waals surface area contributed by atoms with Crippen molar-refractivity contribution in [3.8, 4) is 0 Å². The fourth-order valence-corrected chi connectivity index (χ4v) is 6.41. The number of thiol groups is 1. The second-order valence-electron chi connectivity index (χ2n) is 12.9. The lowest BCUT2D eigenvalue weighted by Gasteiger charge is -2.41. The molecule has 15 nitrogen and oxygen atoms in total. The third kappa shape index (κ3) is 9.56. The van der Waals surface area contributed by atoms with Crippen molar-refractivity contribution in [3.05, 3.63) is 0 Å². The van der Waals surface area contributed by atoms with Gasteiger partial charge in [0.25, 0.3) is 5.91 Å². The van der Waals surface area contributed by atoms with Crippen LogP contribution in [0.1, 0.15) is 59.8 Å². The number of cyclic esters (lactones) is 1. The van der Waals surface area contributed by atoms with Gasteiger partial charge in [0.05, 0.1) is 12.6 Å². The van der Waals surface area contributed by atoms with Crippen molar-refractivity contribution in [2.24, 2.45) is 34.2 Å². The molecule has 6 N–H and O–H groups in total. The number of nitrogens with two attached hydrogens (primary N) is 2. The number of Topliss-reactive ketones (excluding diaryl/α,β-unsaturated/α-hetero) is 1. The minimum atomic E-state index is -1.03. The van der Waals surface area contributed by atoms with E-state index < -0.39 is 53.9 Å². The van der Waals surface area contributed by atoms with Gasteiger partial charge in [-0.05, 0) is 31.1 Å². The molecule has 258 valence electrons. The van der Waals surface area contributed by atoms with Crippen molar-refractivity contribution in [1.29, 1.82) is 0 Å². The molecule has 3 aliphatic heterocycles. The van der Waals surface area contributed by atoms with E-state index in [9.17, 15) is 28.8 Å². The Morgan fingerprint density at radius 3 is 2.26 bits per heavy atom. The van der Waals surface area contributed by atoms with Crippen molar-refractivity contribution in [2.75, 3.05) is 45.1 Å². The number of guanidine groups is 1. The molecular formula is C30H50N8O7S. The van der Waals surface area contributed by atoms with Gasteiger partial charge < -0.3 is 31.7 Å². The Hall–Kier alpha value is -3.40. The van der Waals surface area contributed by atoms with Crippen LogP contribution in [0.15, 0.2) is 4.99 Å². The molecule has 0 saturated carbocycles. The lowest BCUT2D eigenvalue weighted by atomic mass is 9.89. The van der Waals surface area contributed by atoms with Gasteiger partial charge in [0.1, 0.15) is 18.1 Å². The smallest absolute Gasteiger partial charge is 0.328 e. The summed E-state index contributed by atoms with van der Waals surface area (Å²) in [6.45, 7) is 9.62. The van der Waals surface area contributed by atoms with Gasteiger partial charge in [0, 0.05) is 57.2 Å². The summed E-state index contributed by atoms with van der Waals surface area (Å²) >= 11 is 4.30. The molecule has 5 amide bonds. The van der Waals surface area contributed by atoms with Crippen LogP contribution in [0.4, 0.5) is 4.79 Å². The number of esters is 1. The molecule has 0 aliphatic carbocycles. The lowest BCUT2D eigenvalue weighted by Crippen LogP contribution is -2.59. The molecule has 3 aliphatic rings. The van der Waals surface area contributed by atoms with E-state index in [2.05, 4.69) is 28.3 Å². The first-order valence-corrected chi connectivity index (χ1v) is 16.7. The number of carbonyl (C=O) groups is 6. The van der Waals surface area contributed by atoms with Crippen molar-refractivity contribution >= 4 is 54.1 Å². The molecule has 3 saturated heterocycles. The minimum Gasteiger partial charge on any atom is -0.464 e. The summed E-state index contributed by atoms with van der Waals surface area (Å²) in [5.41, 5.74) is 10.9. The van der Waals surface area contributed by atoms with Crippen LogP contribution in [-0.4, -0.2) is 125 Å². The average molecular weight is 667 g/mol. The van der Waals surface area contributed by atoms with Crippen LogP contribution in [-0.2, 0) is 28.7 Å². The summed E-state index contributed by atoms with van der Waals surface area (Å²) in [6, 6.07) is -3.54. The van der Waals surface area contributed by atoms with Gasteiger partial charge in [-0.25, -0.2) is 14.5 Å². The van der Waals surface area contributed by atoms with Crippen LogP contribution >= 0.6 is 12.6 Å². The first-order chi connectivity index (χ1) is 21.7. The standard InChI is InChI=1S/C30H50N8O7S/c1-17(2)14-21(23(39)15-19(6-5-8-33-29(31)32)25(40)34-20-7-13-45-28(20)43)36-9-11-37(12-10-36)26(41)22(16-46)38-27(42)24(18(3)4)35-30(38)44/h17-22,24,46H,5-16H2,1-4H3,(H,34,40)(H,35,44)(H4,31,32,33)/t19-,20?,21-,22-,24-/m1/s1. The zero-order valence-electron chi connectivity index (χ0n) is 27.3. The number of piperazine rings is 1. The molecule has 3 fully saturated rings. The highest BCUT2D eigenvalue weighted by atomic mass is 32.1. The van der Waals surface area contributed by atoms with E-state index in [1.807, 2.05) is 32.6 Å². The van der Waals surface area contributed by atoms with E-state index in [1.165, 1.54) is 0 Å². The fourth-order valence-electron chi connectivity index (χ4n) is 6.09. The Balaban J connectivity index is 1.68. The Bertz CT molecular complexity index is 1170. The Kier molecular flexibility index (Phi) is 13.7. The maximum atomic E-state index is 13.9. The number of aliphatic imine (C=N–C) groups is 1. The fraction of sp³-hybridized carbons (Fsp3) is 0.767. The number of ketones is 1. The molecule has 0 spiro atoms. The molecule has 0 aromatic rings. The van der Waals surface area contributed by atoms with Crippen LogP contribution in [0.3, 0.4) is 0 Å². The first-order valence-electron chi connectivity index (χ1n) is 16.1. The van der Waals surface area contributed by atoms with Crippen LogP contribution in [0, 0.1) is 17.8 Å². The van der Waals surface area contributed by atoms with Crippen molar-refractivity contribution in [3.63, 3.8) is 0 Å². The summed E-state index contributed by atoms with van der Waals surface area (Å²) in [4.78, 5) is 86.9. The molecule has 1 unspecified atom stereocenters. The number of carbonyl (C=O) groups excluding carboxylic acids is 6. The maximum absolute atomic E-state index is 13.9. The maximum Gasteiger partial charge on any atom is 0.328 e. The molecule has 3 heterocycles. The Morgan fingerprint density at radius 1 is 1.07 bits per heavy atom. The van der Waals surface area contributed by atoms with Crippen molar-refractivity contribution in [2.45, 2.75) is 84.0 Å². The van der Waals surface area contributed by atoms with Crippen LogP contribution < -0.4 is 22.1 Å². The largest absolute Gasteiger partial charge is 0.464 e. The summed E-state index contributed by atoms with van der Waals surface area (Å²) < 4.78 is 4.97. The molecule has 5 atom stereocenters. The summed E-state index contributed by atoms with van der Waals surface area (Å²) in [7, 11) is 0. The number of nitrogens with zero attached hydrogens (tertiary/aromatic N) is 4. The summed E-state index contributed by atoms with van der Waals surface area (Å²) in [5.74, 6) is -2.49. The second kappa shape index (κ2) is 17.0. The number of imide groups is 1. The van der Waals surface area contributed by atoms with Crippen molar-refractivity contribution < 1.29 is 33.5 Å². The summed E-state index contributed by atoms with van der Waals surface area (Å²) in [6.07, 6.45) is 1.72. The molecule has 0 radical (unpaired) electrons. The van der Waals surface area contributed by atoms with Gasteiger partial charge in [-0.2, -0.15) is 12.6 Å². The molecular weight excluding hydrogens is 616 g/mol. The lowest BCUT2D eigenvalue weighted by molar-refractivity contribution is -0.143. The summed E-state index contributed by atoms with van der Waals surface area (Å²) in [5, 5.41) is 5.41. The normalized spacial score (nSPS) is 22.5. The topological polar surface area (TPSA) is 210 Å². The van der Waals surface area contributed by atoms with Gasteiger partial charge in [-0.3, -0.25) is 29.1 Å². The van der Waals surface area contributed by atoms with E-state index in [0.29, 0.717) is 58.4 Å². The molecule has 46 heavy (non-hydrogen) atoms. The number of hydrogen-bond acceptors (Lipinski definition) is 10. The number of rotatable bonds is 16. The predicted octanol–water partition coefficient (Wildman–Crippen LogP) is -0.519. The third-order valence-electron chi connectivity index (χ3n) is 8.65. The Morgan fingerprint density at radius 2 is 1.74 bits per heavy atom. The van der Waals surface area contributed by atoms with E-state index in [4.69, 9.17) is 16.2 Å². The van der Waals surface area contributed by atoms with Crippen LogP contribution in [0.25, 0.3) is 0 Å². The third-order valence-corrected chi connectivity index (χ3v) is 8.99. The monoisotopic (exact) mass is 666 g/mol. The van der Waals surface area contributed by atoms with E-state index >= 15 is 0 Å². The SMILES string of the molecule is CC(C)C[C@H](C(=O)C[C@@H](CCCN=C(N)N)C(=O)NC1CCOC1=O)N1CCN(C(=O)[C@@H](CS)N2C(=O)N[C@H](C(C)C)C2=O)CC1. The van der Waals surface area contributed by atoms with Crippen LogP contribution in [0.5, 0.6) is 0 Å². The highest BCUT2D eigenvalue weighted by Crippen LogP contribution is 2.23. The minimum absolute atomic E-state index is 0.0112. The highest BCUT2D eigenvalue weighted by Gasteiger charge is 2.46. The molecule has 0 bridgehead atoms. The number of nitrogens with one attached hydrogen (secondary N) is 2. The zero-order valence-corrected chi connectivity index (χ0v) is 28.2. The molecule has 3 rings (SSSR count). The molecule has 0 aromatic heterocycles. The van der Waals surface area contributed by atoms with Crippen LogP contribution in [0.2, 0.25) is 0 Å². The van der Waals surface area contributed by atoms with E-state index in [1.54, 1.807) is 4.90 Å². The first kappa shape index (κ1) is 37.1. The van der Waals surface area contributed by atoms with Gasteiger partial charge in [0.2, 0.25) is 11.8 Å². The van der Waals surface area contributed by atoms with Gasteiger partial charge in [0.15, 0.2) is 11.7 Å². The molecule has 0 aromatic carbocycles. The van der Waals surface area contributed by atoms with Gasteiger partial charge in [-0.1, -0.05) is 27.7 Å². The van der Waals surface area contributed by atoms with Crippen molar-refractivity contribution in [1.82, 2.24) is 25.3 Å². The Labute approximate surface area is 275 Å². The quantitative estimate of drug-likeness (QED) is 0.0355. The number of hydrogen-bond donors (Lipinski definition) is 5. The molecule has 16 heteroatoms. The number of urea groups is 1. The van der Waals surface area contributed by atoms with E-state index in [0.717, 1.165) is 4.90 Å². The van der Waals surface area contributed by atoms with Gasteiger partial charge >= 0.3 is 12.0 Å². The number of ether oxygens (including phenoxy) is 1. The predicted molar refractivity (Wildman–Crippen MR) is 174 cm³/mol. The number of amides is 5. The zero-order chi connectivity index (χ0) is 34.1.